The highest BCUT2D eigenvalue weighted by Gasteiger charge is 2.28. The molecule has 2 aromatic carbocycles. The van der Waals surface area contributed by atoms with Crippen LogP contribution in [0.15, 0.2) is 42.5 Å². The predicted molar refractivity (Wildman–Crippen MR) is 201 cm³/mol. The van der Waals surface area contributed by atoms with Gasteiger partial charge in [-0.3, -0.25) is 9.11 Å². The van der Waals surface area contributed by atoms with E-state index in [-0.39, 0.29) is 17.3 Å². The van der Waals surface area contributed by atoms with Gasteiger partial charge >= 0.3 is 0 Å². The lowest BCUT2D eigenvalue weighted by atomic mass is 9.98. The molecule has 12 heteroatoms. The molecule has 6 rings (SSSR count). The minimum absolute atomic E-state index is 0.149. The number of nitrogens with two attached hydrogens (primary N) is 1. The number of benzene rings is 2. The lowest BCUT2D eigenvalue weighted by Crippen LogP contribution is -2.41. The summed E-state index contributed by atoms with van der Waals surface area (Å²) in [6.45, 7) is 10.3. The lowest BCUT2D eigenvalue weighted by Gasteiger charge is -2.32. The Balaban J connectivity index is 1.23. The second kappa shape index (κ2) is 14.3. The normalized spacial score (nSPS) is 16.8. The van der Waals surface area contributed by atoms with Crippen molar-refractivity contribution in [2.24, 2.45) is 0 Å². The third-order valence-electron chi connectivity index (χ3n) is 9.20. The van der Waals surface area contributed by atoms with Gasteiger partial charge in [0.1, 0.15) is 11.6 Å². The second-order valence-corrected chi connectivity index (χ2v) is 18.1. The number of hydrogen-bond donors (Lipinski definition) is 3. The third-order valence-corrected chi connectivity index (χ3v) is 13.2. The van der Waals surface area contributed by atoms with Crippen LogP contribution >= 0.6 is 11.3 Å². The zero-order valence-electron chi connectivity index (χ0n) is 29.0. The Kier molecular flexibility index (Phi) is 10.3. The summed E-state index contributed by atoms with van der Waals surface area (Å²) in [4.78, 5) is 18.6. The van der Waals surface area contributed by atoms with Crippen molar-refractivity contribution in [3.63, 3.8) is 0 Å². The van der Waals surface area contributed by atoms with Crippen LogP contribution in [-0.4, -0.2) is 66.7 Å². The quantitative estimate of drug-likeness (QED) is 0.139. The minimum Gasteiger partial charge on any atom is -0.384 e. The molecule has 1 aliphatic carbocycles. The second-order valence-electron chi connectivity index (χ2n) is 14.2. The van der Waals surface area contributed by atoms with Crippen LogP contribution in [0.25, 0.3) is 21.8 Å². The highest BCUT2D eigenvalue weighted by Crippen LogP contribution is 2.42. The summed E-state index contributed by atoms with van der Waals surface area (Å²) in [5.74, 6) is 0.702. The maximum absolute atomic E-state index is 16.3. The van der Waals surface area contributed by atoms with E-state index in [1.165, 1.54) is 22.3 Å². The Morgan fingerprint density at radius 3 is 2.49 bits per heavy atom. The van der Waals surface area contributed by atoms with Gasteiger partial charge in [0.2, 0.25) is 5.95 Å². The van der Waals surface area contributed by atoms with Crippen molar-refractivity contribution in [1.82, 2.24) is 19.9 Å². The molecule has 2 fully saturated rings. The van der Waals surface area contributed by atoms with E-state index in [9.17, 15) is 8.60 Å². The van der Waals surface area contributed by atoms with E-state index in [1.807, 2.05) is 19.2 Å². The van der Waals surface area contributed by atoms with Gasteiger partial charge in [-0.05, 0) is 82.2 Å². The van der Waals surface area contributed by atoms with E-state index in [0.29, 0.717) is 63.7 Å². The van der Waals surface area contributed by atoms with Crippen LogP contribution in [0.5, 0.6) is 0 Å². The topological polar surface area (TPSA) is 109 Å². The largest absolute Gasteiger partial charge is 0.384 e. The zero-order valence-corrected chi connectivity index (χ0v) is 30.7. The molecule has 262 valence electrons. The monoisotopic (exact) mass is 707 g/mol. The van der Waals surface area contributed by atoms with Crippen molar-refractivity contribution in [3.05, 3.63) is 70.2 Å². The number of nitrogen functional groups attached to an aromatic ring is 1. The summed E-state index contributed by atoms with van der Waals surface area (Å²) >= 11 is 1.48. The fraction of sp³-hybridized carbons (Fsp3) is 0.459. The summed E-state index contributed by atoms with van der Waals surface area (Å²) < 4.78 is 43.9. The number of rotatable bonds is 11. The van der Waals surface area contributed by atoms with Crippen LogP contribution in [-0.2, 0) is 27.8 Å². The molecule has 49 heavy (non-hydrogen) atoms. The Labute approximate surface area is 293 Å². The van der Waals surface area contributed by atoms with Gasteiger partial charge in [0, 0.05) is 49.0 Å². The van der Waals surface area contributed by atoms with E-state index in [4.69, 9.17) is 15.7 Å². The molecule has 8 nitrogen and oxygen atoms in total. The summed E-state index contributed by atoms with van der Waals surface area (Å²) in [6, 6.07) is 12.2. The summed E-state index contributed by atoms with van der Waals surface area (Å²) in [5.41, 5.74) is 9.41. The number of nitrogens with one attached hydrogen (secondary N) is 2. The minimum atomic E-state index is -1.89. The average molecular weight is 708 g/mol. The number of hydrogen-bond acceptors (Lipinski definition) is 9. The van der Waals surface area contributed by atoms with Gasteiger partial charge in [-0.25, -0.2) is 18.7 Å². The molecule has 0 radical (unpaired) electrons. The van der Waals surface area contributed by atoms with Crippen LogP contribution in [0.2, 0.25) is 0 Å². The summed E-state index contributed by atoms with van der Waals surface area (Å²) in [5, 5.41) is 7.52. The first-order valence-electron chi connectivity index (χ1n) is 17.1. The van der Waals surface area contributed by atoms with Crippen molar-refractivity contribution < 1.29 is 13.0 Å². The van der Waals surface area contributed by atoms with Crippen molar-refractivity contribution in [3.8, 4) is 21.8 Å². The van der Waals surface area contributed by atoms with Crippen molar-refractivity contribution in [2.45, 2.75) is 77.7 Å². The standard InChI is InChI=1S/C37H47F2N7OS2/c1-6-23-9-7-11-28(38)26(23)15-18-41-29-12-8-10-27(32(29)39)33-34(48-35(45-33)37(2,3)4)30-21-31(40)44-36(43-30)42-24-16-19-46(20-17-24)22-49(5,47)25-13-14-25/h7-12,21,24,41H,6,13-20,22H2,1-5H3,(H3,40,42,43,44). The number of thiazole rings is 1. The van der Waals surface area contributed by atoms with E-state index < -0.39 is 15.3 Å². The van der Waals surface area contributed by atoms with Gasteiger partial charge in [-0.15, -0.1) is 11.3 Å². The molecule has 3 heterocycles. The fourth-order valence-electron chi connectivity index (χ4n) is 6.34. The Hall–Kier alpha value is -3.61. The van der Waals surface area contributed by atoms with Crippen LogP contribution in [0.1, 0.15) is 69.5 Å². The SMILES string of the molecule is CCc1cccc(F)c1CCNc1cccc(-c2nc(C(C)(C)C)sc2-c2cc(N)nc(NC3CCN(CS(C)(=O)=C4CC4)CC3)n2)c1F. The van der Waals surface area contributed by atoms with Gasteiger partial charge < -0.3 is 16.4 Å². The molecule has 1 saturated heterocycles. The number of halogens is 2. The number of piperidine rings is 1. The van der Waals surface area contributed by atoms with Gasteiger partial charge in [0.25, 0.3) is 0 Å². The van der Waals surface area contributed by atoms with Crippen LogP contribution in [0.3, 0.4) is 0 Å². The molecule has 1 aliphatic heterocycles. The van der Waals surface area contributed by atoms with Crippen molar-refractivity contribution in [1.29, 1.82) is 0 Å². The van der Waals surface area contributed by atoms with Crippen LogP contribution < -0.4 is 16.4 Å². The first kappa shape index (κ1) is 35.2. The summed E-state index contributed by atoms with van der Waals surface area (Å²) in [7, 11) is -1.89. The highest BCUT2D eigenvalue weighted by molar-refractivity contribution is 8.02. The van der Waals surface area contributed by atoms with E-state index >= 15 is 4.39 Å². The Morgan fingerprint density at radius 1 is 1.06 bits per heavy atom. The summed E-state index contributed by atoms with van der Waals surface area (Å²) in [6.07, 6.45) is 6.82. The number of aromatic nitrogens is 3. The molecule has 4 aromatic rings. The number of nitrogens with zero attached hydrogens (tertiary/aromatic N) is 4. The molecule has 1 unspecified atom stereocenters. The first-order chi connectivity index (χ1) is 23.3. The Morgan fingerprint density at radius 2 is 1.80 bits per heavy atom. The number of anilines is 3. The molecular formula is C37H47F2N7OS2. The van der Waals surface area contributed by atoms with E-state index in [2.05, 4.69) is 41.3 Å². The number of likely N-dealkylation sites (tertiary alicyclic amines) is 1. The van der Waals surface area contributed by atoms with E-state index in [0.717, 1.165) is 55.8 Å². The highest BCUT2D eigenvalue weighted by atomic mass is 32.2. The lowest BCUT2D eigenvalue weighted by molar-refractivity contribution is 0.251. The molecule has 2 aliphatic rings. The molecule has 0 amide bonds. The Bertz CT molecular complexity index is 1950. The van der Waals surface area contributed by atoms with Gasteiger partial charge in [0.05, 0.1) is 32.8 Å². The van der Waals surface area contributed by atoms with E-state index in [1.54, 1.807) is 30.3 Å². The van der Waals surface area contributed by atoms with Crippen molar-refractivity contribution >= 4 is 43.2 Å². The molecule has 4 N–H and O–H groups in total. The van der Waals surface area contributed by atoms with Gasteiger partial charge in [-0.1, -0.05) is 45.9 Å². The molecule has 1 saturated carbocycles. The van der Waals surface area contributed by atoms with Crippen LogP contribution in [0.4, 0.5) is 26.2 Å². The molecule has 0 spiro atoms. The maximum atomic E-state index is 16.3. The van der Waals surface area contributed by atoms with Crippen LogP contribution in [0, 0.1) is 11.6 Å². The first-order valence-corrected chi connectivity index (χ1v) is 20.0. The van der Waals surface area contributed by atoms with Gasteiger partial charge in [-0.2, -0.15) is 4.98 Å². The average Bonchev–Trinajstić information content (AvgIpc) is 3.82. The van der Waals surface area contributed by atoms with Gasteiger partial charge in [0.15, 0.2) is 5.82 Å². The maximum Gasteiger partial charge on any atom is 0.225 e. The molecular weight excluding hydrogens is 661 g/mol. The predicted octanol–water partition coefficient (Wildman–Crippen LogP) is 7.36. The fourth-order valence-corrected chi connectivity index (χ4v) is 9.54. The third kappa shape index (κ3) is 8.24. The zero-order chi connectivity index (χ0) is 34.9. The molecule has 0 bridgehead atoms. The molecule has 1 atom stereocenters. The smallest absolute Gasteiger partial charge is 0.225 e. The molecule has 2 aromatic heterocycles. The van der Waals surface area contributed by atoms with Crippen molar-refractivity contribution in [2.75, 3.05) is 48.1 Å². The number of aryl methyl sites for hydroxylation is 1.